The van der Waals surface area contributed by atoms with Crippen LogP contribution in [0.5, 0.6) is 5.75 Å². The van der Waals surface area contributed by atoms with Crippen LogP contribution in [0.15, 0.2) is 36.4 Å². The fourth-order valence-electron chi connectivity index (χ4n) is 6.36. The van der Waals surface area contributed by atoms with E-state index in [9.17, 15) is 9.59 Å². The number of carbonyl (C=O) groups is 2. The molecule has 2 aromatic carbocycles. The maximum atomic E-state index is 13.6. The molecular formula is C31H33ClN2O5. The third kappa shape index (κ3) is 5.76. The number of fused-ring (bicyclic) bond motifs is 1. The van der Waals surface area contributed by atoms with Gasteiger partial charge in [0, 0.05) is 53.6 Å². The zero-order valence-corrected chi connectivity index (χ0v) is 23.5. The second-order valence-corrected chi connectivity index (χ2v) is 11.7. The van der Waals surface area contributed by atoms with Gasteiger partial charge in [0.15, 0.2) is 0 Å². The Bertz CT molecular complexity index is 1370. The molecule has 2 aliphatic rings. The van der Waals surface area contributed by atoms with E-state index in [4.69, 9.17) is 31.4 Å². The second-order valence-electron chi connectivity index (χ2n) is 11.3. The molecule has 1 aliphatic heterocycles. The van der Waals surface area contributed by atoms with Crippen LogP contribution in [-0.2, 0) is 16.1 Å². The zero-order chi connectivity index (χ0) is 28.4. The number of unbranched alkanes of at least 4 members (excludes halogenated alkanes) is 2. The van der Waals surface area contributed by atoms with Crippen LogP contribution in [0, 0.1) is 34.0 Å². The van der Waals surface area contributed by atoms with Crippen molar-refractivity contribution in [3.05, 3.63) is 63.7 Å². The van der Waals surface area contributed by atoms with E-state index in [0.717, 1.165) is 24.0 Å². The van der Waals surface area contributed by atoms with Crippen molar-refractivity contribution in [2.45, 2.75) is 65.6 Å². The van der Waals surface area contributed by atoms with Gasteiger partial charge < -0.3 is 19.5 Å². The van der Waals surface area contributed by atoms with E-state index in [1.165, 1.54) is 0 Å². The van der Waals surface area contributed by atoms with Gasteiger partial charge in [-0.1, -0.05) is 57.2 Å². The molecule has 7 nitrogen and oxygen atoms in total. The average Bonchev–Trinajstić information content (AvgIpc) is 3.18. The molecule has 1 saturated carbocycles. The van der Waals surface area contributed by atoms with Crippen molar-refractivity contribution >= 4 is 23.5 Å². The SMILES string of the molecule is CC1(C)[C@H](Oc2ccc(C#N)c(Cl)c2)C(C)(C)[C@H]1N1Cc2ccc(C#CCCCCOCC(=O)O)cc2C1=O. The van der Waals surface area contributed by atoms with Crippen molar-refractivity contribution in [3.8, 4) is 23.7 Å². The minimum absolute atomic E-state index is 0.00949. The average molecular weight is 549 g/mol. The highest BCUT2D eigenvalue weighted by atomic mass is 35.5. The molecule has 0 spiro atoms. The van der Waals surface area contributed by atoms with Crippen LogP contribution in [0.25, 0.3) is 0 Å². The Morgan fingerprint density at radius 3 is 2.56 bits per heavy atom. The summed E-state index contributed by atoms with van der Waals surface area (Å²) >= 11 is 6.22. The number of rotatable bonds is 9. The number of hydrogen-bond acceptors (Lipinski definition) is 5. The summed E-state index contributed by atoms with van der Waals surface area (Å²) in [6.07, 6.45) is 2.07. The smallest absolute Gasteiger partial charge is 0.329 e. The van der Waals surface area contributed by atoms with Crippen molar-refractivity contribution in [1.82, 2.24) is 4.90 Å². The molecule has 0 aromatic heterocycles. The van der Waals surface area contributed by atoms with Gasteiger partial charge in [-0.3, -0.25) is 4.79 Å². The lowest BCUT2D eigenvalue weighted by molar-refractivity contribution is -0.199. The van der Waals surface area contributed by atoms with E-state index < -0.39 is 5.97 Å². The van der Waals surface area contributed by atoms with Gasteiger partial charge in [-0.2, -0.15) is 5.26 Å². The van der Waals surface area contributed by atoms with Crippen LogP contribution in [0.1, 0.15) is 74.0 Å². The first-order valence-corrected chi connectivity index (χ1v) is 13.4. The molecule has 2 aromatic rings. The topological polar surface area (TPSA) is 99.9 Å². The van der Waals surface area contributed by atoms with Gasteiger partial charge in [0.2, 0.25) is 0 Å². The van der Waals surface area contributed by atoms with Gasteiger partial charge in [0.05, 0.1) is 10.6 Å². The van der Waals surface area contributed by atoms with Crippen LogP contribution >= 0.6 is 11.6 Å². The summed E-state index contributed by atoms with van der Waals surface area (Å²) in [6, 6.07) is 12.9. The van der Waals surface area contributed by atoms with Crippen LogP contribution in [0.4, 0.5) is 0 Å². The van der Waals surface area contributed by atoms with E-state index in [1.807, 2.05) is 23.1 Å². The summed E-state index contributed by atoms with van der Waals surface area (Å²) in [5, 5.41) is 18.1. The number of hydrogen-bond donors (Lipinski definition) is 1. The number of carbonyl (C=O) groups excluding carboxylic acids is 1. The molecule has 0 unspecified atom stereocenters. The van der Waals surface area contributed by atoms with E-state index in [2.05, 4.69) is 45.6 Å². The highest BCUT2D eigenvalue weighted by Crippen LogP contribution is 2.59. The van der Waals surface area contributed by atoms with Gasteiger partial charge >= 0.3 is 5.97 Å². The number of carboxylic acids is 1. The number of aliphatic carboxylic acids is 1. The molecule has 204 valence electrons. The quantitative estimate of drug-likeness (QED) is 0.320. The normalized spacial score (nSPS) is 20.3. The van der Waals surface area contributed by atoms with E-state index in [1.54, 1.807) is 18.2 Å². The first kappa shape index (κ1) is 28.5. The molecule has 1 N–H and O–H groups in total. The Balaban J connectivity index is 1.40. The summed E-state index contributed by atoms with van der Waals surface area (Å²) in [6.45, 7) is 9.17. The Kier molecular flexibility index (Phi) is 8.25. The van der Waals surface area contributed by atoms with Gasteiger partial charge in [-0.05, 0) is 42.7 Å². The summed E-state index contributed by atoms with van der Waals surface area (Å²) in [4.78, 5) is 26.0. The van der Waals surface area contributed by atoms with Crippen LogP contribution < -0.4 is 4.74 Å². The maximum Gasteiger partial charge on any atom is 0.329 e. The van der Waals surface area contributed by atoms with E-state index in [-0.39, 0.29) is 35.5 Å². The lowest BCUT2D eigenvalue weighted by atomic mass is 9.49. The molecular weight excluding hydrogens is 516 g/mol. The fourth-order valence-corrected chi connectivity index (χ4v) is 6.58. The minimum atomic E-state index is -0.967. The molecule has 0 radical (unpaired) electrons. The molecule has 1 fully saturated rings. The number of nitriles is 1. The summed E-state index contributed by atoms with van der Waals surface area (Å²) in [5.41, 5.74) is 2.25. The summed E-state index contributed by atoms with van der Waals surface area (Å²) < 4.78 is 11.4. The standard InChI is InChI=1S/C31H33ClN2O5/c1-30(2)28(31(3,4)29(30)39-23-13-12-21(17-33)25(32)16-23)34-18-22-11-10-20(15-24(22)27(34)37)9-7-5-6-8-14-38-19-26(35)36/h10-13,15-16,28-29H,5-6,8,14,18-19H2,1-4H3,(H,35,36)/t28-,29-. The van der Waals surface area contributed by atoms with Crippen LogP contribution in [0.2, 0.25) is 5.02 Å². The monoisotopic (exact) mass is 548 g/mol. The third-order valence-corrected chi connectivity index (χ3v) is 7.94. The number of carboxylic acid groups (broad SMARTS) is 1. The third-order valence-electron chi connectivity index (χ3n) is 7.63. The van der Waals surface area contributed by atoms with Gasteiger partial charge in [0.1, 0.15) is 24.5 Å². The Labute approximate surface area is 234 Å². The number of halogens is 1. The summed E-state index contributed by atoms with van der Waals surface area (Å²) in [7, 11) is 0. The van der Waals surface area contributed by atoms with Crippen molar-refractivity contribution in [1.29, 1.82) is 5.26 Å². The number of nitrogens with zero attached hydrogens (tertiary/aromatic N) is 2. The number of ether oxygens (including phenoxy) is 2. The predicted octanol–water partition coefficient (Wildman–Crippen LogP) is 5.67. The van der Waals surface area contributed by atoms with Crippen LogP contribution in [-0.4, -0.2) is 47.2 Å². The summed E-state index contributed by atoms with van der Waals surface area (Å²) in [5.74, 6) is 5.94. The fraction of sp³-hybridized carbons (Fsp3) is 0.452. The molecule has 1 heterocycles. The van der Waals surface area contributed by atoms with Gasteiger partial charge in [0.25, 0.3) is 5.91 Å². The van der Waals surface area contributed by atoms with Crippen molar-refractivity contribution in [2.24, 2.45) is 10.8 Å². The Morgan fingerprint density at radius 2 is 1.90 bits per heavy atom. The second kappa shape index (κ2) is 11.3. The molecule has 1 aliphatic carbocycles. The van der Waals surface area contributed by atoms with Crippen molar-refractivity contribution in [3.63, 3.8) is 0 Å². The Hall–Kier alpha value is -3.52. The zero-order valence-electron chi connectivity index (χ0n) is 22.7. The highest BCUT2D eigenvalue weighted by Gasteiger charge is 2.66. The molecule has 0 atom stereocenters. The van der Waals surface area contributed by atoms with Crippen LogP contribution in [0.3, 0.4) is 0 Å². The van der Waals surface area contributed by atoms with Crippen molar-refractivity contribution in [2.75, 3.05) is 13.2 Å². The highest BCUT2D eigenvalue weighted by molar-refractivity contribution is 6.31. The molecule has 0 bridgehead atoms. The maximum absolute atomic E-state index is 13.6. The molecule has 8 heteroatoms. The molecule has 4 rings (SSSR count). The van der Waals surface area contributed by atoms with Gasteiger partial charge in [-0.25, -0.2) is 4.79 Å². The minimum Gasteiger partial charge on any atom is -0.489 e. The Morgan fingerprint density at radius 1 is 1.15 bits per heavy atom. The number of benzene rings is 2. The first-order valence-electron chi connectivity index (χ1n) is 13.1. The predicted molar refractivity (Wildman–Crippen MR) is 147 cm³/mol. The lowest BCUT2D eigenvalue weighted by Crippen LogP contribution is -2.74. The largest absolute Gasteiger partial charge is 0.489 e. The van der Waals surface area contributed by atoms with E-state index >= 15 is 0 Å². The van der Waals surface area contributed by atoms with E-state index in [0.29, 0.717) is 41.5 Å². The molecule has 0 saturated heterocycles. The lowest BCUT2D eigenvalue weighted by Gasteiger charge is -2.65. The first-order chi connectivity index (χ1) is 18.5. The number of amides is 1. The van der Waals surface area contributed by atoms with Gasteiger partial charge in [-0.15, -0.1) is 0 Å². The molecule has 1 amide bonds. The van der Waals surface area contributed by atoms with Crippen molar-refractivity contribution < 1.29 is 24.2 Å². The molecule has 39 heavy (non-hydrogen) atoms.